The van der Waals surface area contributed by atoms with Crippen molar-refractivity contribution < 1.29 is 19.2 Å². The van der Waals surface area contributed by atoms with Gasteiger partial charge in [-0.2, -0.15) is 4.98 Å². The number of carbonyl (C=O) groups excluding carboxylic acids is 1. The van der Waals surface area contributed by atoms with Crippen LogP contribution in [-0.2, 0) is 9.59 Å². The number of aromatic nitrogens is 2. The van der Waals surface area contributed by atoms with Crippen molar-refractivity contribution >= 4 is 17.9 Å². The van der Waals surface area contributed by atoms with E-state index < -0.39 is 17.8 Å². The van der Waals surface area contributed by atoms with Crippen molar-refractivity contribution in [3.63, 3.8) is 0 Å². The SMILES string of the molecule is Cc1noc(NC(=O)[C@@H]2CCCC[C@@H]2C(=O)O)n1. The van der Waals surface area contributed by atoms with Gasteiger partial charge in [-0.1, -0.05) is 18.0 Å². The first-order chi connectivity index (χ1) is 8.58. The Morgan fingerprint density at radius 3 is 2.56 bits per heavy atom. The molecule has 7 heteroatoms. The lowest BCUT2D eigenvalue weighted by Gasteiger charge is -2.26. The van der Waals surface area contributed by atoms with Crippen molar-refractivity contribution in [2.24, 2.45) is 11.8 Å². The molecule has 1 aliphatic rings. The minimum atomic E-state index is -0.920. The van der Waals surface area contributed by atoms with Crippen LogP contribution in [-0.4, -0.2) is 27.1 Å². The summed E-state index contributed by atoms with van der Waals surface area (Å²) in [5.74, 6) is -2.00. The summed E-state index contributed by atoms with van der Waals surface area (Å²) >= 11 is 0. The Morgan fingerprint density at radius 1 is 1.33 bits per heavy atom. The second kappa shape index (κ2) is 5.16. The molecule has 0 radical (unpaired) electrons. The molecule has 0 unspecified atom stereocenters. The van der Waals surface area contributed by atoms with Crippen LogP contribution in [0.15, 0.2) is 4.52 Å². The molecule has 0 saturated heterocycles. The zero-order valence-corrected chi connectivity index (χ0v) is 10.0. The number of aryl methyl sites for hydroxylation is 1. The summed E-state index contributed by atoms with van der Waals surface area (Å²) in [4.78, 5) is 26.9. The van der Waals surface area contributed by atoms with Crippen LogP contribution in [0.2, 0.25) is 0 Å². The molecule has 2 N–H and O–H groups in total. The third-order valence-corrected chi connectivity index (χ3v) is 3.18. The van der Waals surface area contributed by atoms with Gasteiger partial charge in [0.1, 0.15) is 0 Å². The molecular formula is C11H15N3O4. The summed E-state index contributed by atoms with van der Waals surface area (Å²) in [6.07, 6.45) is 2.83. The van der Waals surface area contributed by atoms with Crippen molar-refractivity contribution in [1.29, 1.82) is 0 Å². The predicted octanol–water partition coefficient (Wildman–Crippen LogP) is 1.21. The minimum absolute atomic E-state index is 0.0206. The van der Waals surface area contributed by atoms with E-state index in [1.165, 1.54) is 0 Å². The van der Waals surface area contributed by atoms with Gasteiger partial charge >= 0.3 is 12.0 Å². The predicted molar refractivity (Wildman–Crippen MR) is 60.7 cm³/mol. The van der Waals surface area contributed by atoms with Gasteiger partial charge in [0.05, 0.1) is 11.8 Å². The Bertz CT molecular complexity index is 457. The lowest BCUT2D eigenvalue weighted by atomic mass is 9.79. The van der Waals surface area contributed by atoms with Crippen LogP contribution in [0.25, 0.3) is 0 Å². The van der Waals surface area contributed by atoms with Gasteiger partial charge < -0.3 is 9.63 Å². The third-order valence-electron chi connectivity index (χ3n) is 3.18. The fraction of sp³-hybridized carbons (Fsp3) is 0.636. The number of hydrogen-bond acceptors (Lipinski definition) is 5. The largest absolute Gasteiger partial charge is 0.481 e. The van der Waals surface area contributed by atoms with Gasteiger partial charge in [-0.05, 0) is 19.8 Å². The van der Waals surface area contributed by atoms with Gasteiger partial charge in [0.2, 0.25) is 5.91 Å². The summed E-state index contributed by atoms with van der Waals surface area (Å²) < 4.78 is 4.78. The molecule has 1 fully saturated rings. The Labute approximate surface area is 104 Å². The van der Waals surface area contributed by atoms with Crippen LogP contribution in [0.1, 0.15) is 31.5 Å². The molecule has 1 aromatic heterocycles. The smallest absolute Gasteiger partial charge is 0.328 e. The van der Waals surface area contributed by atoms with E-state index in [1.54, 1.807) is 6.92 Å². The van der Waals surface area contributed by atoms with E-state index in [4.69, 9.17) is 9.63 Å². The standard InChI is InChI=1S/C11H15N3O4/c1-6-12-11(18-14-6)13-9(15)7-4-2-3-5-8(7)10(16)17/h7-8H,2-5H2,1H3,(H,16,17)(H,12,13,14,15)/t7-,8+/m1/s1. The van der Waals surface area contributed by atoms with Crippen LogP contribution >= 0.6 is 0 Å². The van der Waals surface area contributed by atoms with Crippen LogP contribution in [0, 0.1) is 18.8 Å². The molecule has 1 amide bonds. The highest BCUT2D eigenvalue weighted by Crippen LogP contribution is 2.31. The molecule has 1 aliphatic carbocycles. The van der Waals surface area contributed by atoms with Crippen LogP contribution in [0.3, 0.4) is 0 Å². The zero-order chi connectivity index (χ0) is 13.1. The number of amides is 1. The molecule has 0 spiro atoms. The van der Waals surface area contributed by atoms with Crippen molar-refractivity contribution in [3.8, 4) is 0 Å². The molecule has 0 aliphatic heterocycles. The first-order valence-corrected chi connectivity index (χ1v) is 5.92. The van der Waals surface area contributed by atoms with Crippen molar-refractivity contribution in [2.75, 3.05) is 5.32 Å². The molecule has 1 saturated carbocycles. The van der Waals surface area contributed by atoms with E-state index in [-0.39, 0.29) is 11.9 Å². The average molecular weight is 253 g/mol. The summed E-state index contributed by atoms with van der Waals surface area (Å²) in [6, 6.07) is 0.0206. The number of nitrogens with zero attached hydrogens (tertiary/aromatic N) is 2. The fourth-order valence-electron chi connectivity index (χ4n) is 2.29. The average Bonchev–Trinajstić information content (AvgIpc) is 2.74. The second-order valence-electron chi connectivity index (χ2n) is 4.47. The highest BCUT2D eigenvalue weighted by atomic mass is 16.5. The van der Waals surface area contributed by atoms with Crippen molar-refractivity contribution in [1.82, 2.24) is 10.1 Å². The molecule has 0 aromatic carbocycles. The van der Waals surface area contributed by atoms with E-state index in [1.807, 2.05) is 0 Å². The first kappa shape index (κ1) is 12.5. The Balaban J connectivity index is 2.04. The summed E-state index contributed by atoms with van der Waals surface area (Å²) in [7, 11) is 0. The van der Waals surface area contributed by atoms with Crippen LogP contribution < -0.4 is 5.32 Å². The van der Waals surface area contributed by atoms with E-state index in [9.17, 15) is 9.59 Å². The number of nitrogens with one attached hydrogen (secondary N) is 1. The summed E-state index contributed by atoms with van der Waals surface area (Å²) in [5, 5.41) is 15.1. The lowest BCUT2D eigenvalue weighted by molar-refractivity contribution is -0.147. The summed E-state index contributed by atoms with van der Waals surface area (Å²) in [5.41, 5.74) is 0. The molecule has 2 rings (SSSR count). The van der Waals surface area contributed by atoms with E-state index >= 15 is 0 Å². The van der Waals surface area contributed by atoms with Crippen LogP contribution in [0.4, 0.5) is 6.01 Å². The number of hydrogen-bond donors (Lipinski definition) is 2. The Hall–Kier alpha value is -1.92. The Morgan fingerprint density at radius 2 is 2.00 bits per heavy atom. The zero-order valence-electron chi connectivity index (χ0n) is 10.0. The van der Waals surface area contributed by atoms with Gasteiger partial charge in [0, 0.05) is 0 Å². The van der Waals surface area contributed by atoms with Crippen LogP contribution in [0.5, 0.6) is 0 Å². The number of rotatable bonds is 3. The molecule has 0 bridgehead atoms. The molecule has 2 atom stereocenters. The van der Waals surface area contributed by atoms with E-state index in [0.29, 0.717) is 18.7 Å². The molecule has 1 aromatic rings. The first-order valence-electron chi connectivity index (χ1n) is 5.92. The maximum Gasteiger partial charge on any atom is 0.328 e. The van der Waals surface area contributed by atoms with E-state index in [0.717, 1.165) is 12.8 Å². The Kier molecular flexibility index (Phi) is 3.59. The molecule has 18 heavy (non-hydrogen) atoms. The van der Waals surface area contributed by atoms with Gasteiger partial charge in [-0.3, -0.25) is 14.9 Å². The number of aliphatic carboxylic acids is 1. The third kappa shape index (κ3) is 2.66. The number of anilines is 1. The number of carboxylic acids is 1. The quantitative estimate of drug-likeness (QED) is 0.838. The minimum Gasteiger partial charge on any atom is -0.481 e. The normalized spacial score (nSPS) is 23.6. The number of carboxylic acid groups (broad SMARTS) is 1. The fourth-order valence-corrected chi connectivity index (χ4v) is 2.29. The highest BCUT2D eigenvalue weighted by Gasteiger charge is 2.36. The molecule has 98 valence electrons. The molecular weight excluding hydrogens is 238 g/mol. The second-order valence-corrected chi connectivity index (χ2v) is 4.47. The monoisotopic (exact) mass is 253 g/mol. The van der Waals surface area contributed by atoms with Crippen molar-refractivity contribution in [3.05, 3.63) is 5.82 Å². The highest BCUT2D eigenvalue weighted by molar-refractivity contribution is 5.93. The van der Waals surface area contributed by atoms with Gasteiger partial charge in [-0.15, -0.1) is 0 Å². The molecule has 1 heterocycles. The van der Waals surface area contributed by atoms with Crippen molar-refractivity contribution in [2.45, 2.75) is 32.6 Å². The maximum absolute atomic E-state index is 12.0. The molecule has 7 nitrogen and oxygen atoms in total. The van der Waals surface area contributed by atoms with Gasteiger partial charge in [0.15, 0.2) is 5.82 Å². The summed E-state index contributed by atoms with van der Waals surface area (Å²) in [6.45, 7) is 1.64. The maximum atomic E-state index is 12.0. The van der Waals surface area contributed by atoms with Gasteiger partial charge in [-0.25, -0.2) is 0 Å². The van der Waals surface area contributed by atoms with E-state index in [2.05, 4.69) is 15.5 Å². The van der Waals surface area contributed by atoms with Gasteiger partial charge in [0.25, 0.3) is 0 Å². The topological polar surface area (TPSA) is 105 Å². The number of carbonyl (C=O) groups is 2. The lowest BCUT2D eigenvalue weighted by Crippen LogP contribution is -2.36.